The van der Waals surface area contributed by atoms with Crippen LogP contribution in [0.15, 0.2) is 54.2 Å². The number of nitrogens with zero attached hydrogens (tertiary/aromatic N) is 2. The van der Waals surface area contributed by atoms with Crippen LogP contribution in [0.2, 0.25) is 0 Å². The summed E-state index contributed by atoms with van der Waals surface area (Å²) in [5.74, 6) is -0.536. The van der Waals surface area contributed by atoms with Crippen LogP contribution in [0.3, 0.4) is 0 Å². The first-order valence-corrected chi connectivity index (χ1v) is 7.85. The maximum absolute atomic E-state index is 12.7. The molecule has 0 saturated carbocycles. The van der Waals surface area contributed by atoms with Gasteiger partial charge in [-0.15, -0.1) is 0 Å². The molecule has 0 radical (unpaired) electrons. The predicted octanol–water partition coefficient (Wildman–Crippen LogP) is 3.15. The second-order valence-corrected chi connectivity index (χ2v) is 6.11. The van der Waals surface area contributed by atoms with Crippen LogP contribution in [-0.2, 0) is 9.59 Å². The van der Waals surface area contributed by atoms with Gasteiger partial charge in [0.1, 0.15) is 5.70 Å². The van der Waals surface area contributed by atoms with Crippen molar-refractivity contribution in [2.45, 2.75) is 13.8 Å². The Hall–Kier alpha value is -2.88. The summed E-state index contributed by atoms with van der Waals surface area (Å²) in [4.78, 5) is 28.4. The van der Waals surface area contributed by atoms with Gasteiger partial charge in [0, 0.05) is 19.8 Å². The van der Waals surface area contributed by atoms with Crippen LogP contribution >= 0.6 is 0 Å². The molecule has 0 aliphatic carbocycles. The van der Waals surface area contributed by atoms with Gasteiger partial charge in [0.25, 0.3) is 11.8 Å². The highest BCUT2D eigenvalue weighted by Gasteiger charge is 2.39. The fourth-order valence-corrected chi connectivity index (χ4v) is 3.06. The van der Waals surface area contributed by atoms with E-state index in [1.807, 2.05) is 69.4 Å². The van der Waals surface area contributed by atoms with Crippen LogP contribution < -0.4 is 4.90 Å². The molecular formula is C20H20N2O2. The average Bonchev–Trinajstić information content (AvgIpc) is 2.79. The smallest absolute Gasteiger partial charge is 0.277 e. The molecule has 4 heteroatoms. The second-order valence-electron chi connectivity index (χ2n) is 6.11. The molecule has 4 nitrogen and oxygen atoms in total. The van der Waals surface area contributed by atoms with Crippen molar-refractivity contribution in [3.05, 3.63) is 70.9 Å². The summed E-state index contributed by atoms with van der Waals surface area (Å²) in [6, 6.07) is 15.5. The monoisotopic (exact) mass is 320 g/mol. The van der Waals surface area contributed by atoms with Crippen LogP contribution in [0.5, 0.6) is 0 Å². The molecule has 0 bridgehead atoms. The summed E-state index contributed by atoms with van der Waals surface area (Å²) < 4.78 is 0. The molecular weight excluding hydrogens is 300 g/mol. The highest BCUT2D eigenvalue weighted by atomic mass is 16.2. The van der Waals surface area contributed by atoms with Crippen molar-refractivity contribution in [2.24, 2.45) is 0 Å². The topological polar surface area (TPSA) is 40.6 Å². The Morgan fingerprint density at radius 2 is 1.58 bits per heavy atom. The Bertz CT molecular complexity index is 853. The van der Waals surface area contributed by atoms with E-state index in [9.17, 15) is 9.59 Å². The van der Waals surface area contributed by atoms with Crippen LogP contribution in [0, 0.1) is 13.8 Å². The van der Waals surface area contributed by atoms with Gasteiger partial charge in [-0.25, -0.2) is 0 Å². The molecule has 0 aromatic heterocycles. The van der Waals surface area contributed by atoms with Crippen molar-refractivity contribution in [3.63, 3.8) is 0 Å². The normalized spacial score (nSPS) is 14.6. The van der Waals surface area contributed by atoms with Crippen LogP contribution in [0.25, 0.3) is 5.57 Å². The molecule has 2 aromatic rings. The molecule has 1 heterocycles. The lowest BCUT2D eigenvalue weighted by atomic mass is 9.97. The number of aryl methyl sites for hydroxylation is 2. The van der Waals surface area contributed by atoms with E-state index < -0.39 is 0 Å². The van der Waals surface area contributed by atoms with Gasteiger partial charge < -0.3 is 4.90 Å². The van der Waals surface area contributed by atoms with E-state index in [-0.39, 0.29) is 11.8 Å². The number of carbonyl (C=O) groups is 2. The van der Waals surface area contributed by atoms with E-state index >= 15 is 0 Å². The number of anilines is 1. The molecule has 0 N–H and O–H groups in total. The maximum Gasteiger partial charge on any atom is 0.277 e. The van der Waals surface area contributed by atoms with Crippen molar-refractivity contribution in [3.8, 4) is 0 Å². The van der Waals surface area contributed by atoms with E-state index in [0.29, 0.717) is 11.3 Å². The average molecular weight is 320 g/mol. The molecule has 1 aliphatic rings. The van der Waals surface area contributed by atoms with Gasteiger partial charge in [-0.1, -0.05) is 42.0 Å². The molecule has 122 valence electrons. The highest BCUT2D eigenvalue weighted by Crippen LogP contribution is 2.34. The van der Waals surface area contributed by atoms with Crippen molar-refractivity contribution >= 4 is 23.1 Å². The maximum atomic E-state index is 12.7. The number of para-hydroxylation sites is 1. The zero-order valence-corrected chi connectivity index (χ0v) is 14.3. The minimum Gasteiger partial charge on any atom is -0.339 e. The Balaban J connectivity index is 2.21. The zero-order chi connectivity index (χ0) is 17.4. The summed E-state index contributed by atoms with van der Waals surface area (Å²) in [6.45, 7) is 3.97. The second kappa shape index (κ2) is 5.96. The predicted molar refractivity (Wildman–Crippen MR) is 95.5 cm³/mol. The minimum absolute atomic E-state index is 0.260. The van der Waals surface area contributed by atoms with Gasteiger partial charge in [0.2, 0.25) is 0 Å². The lowest BCUT2D eigenvalue weighted by molar-refractivity contribution is -0.135. The molecule has 0 atom stereocenters. The molecule has 1 aliphatic heterocycles. The van der Waals surface area contributed by atoms with Crippen LogP contribution in [0.1, 0.15) is 16.7 Å². The molecule has 0 unspecified atom stereocenters. The number of hydrogen-bond acceptors (Lipinski definition) is 3. The first-order chi connectivity index (χ1) is 11.4. The summed E-state index contributed by atoms with van der Waals surface area (Å²) in [6.07, 6.45) is 0. The van der Waals surface area contributed by atoms with Crippen molar-refractivity contribution in [1.29, 1.82) is 0 Å². The number of amides is 2. The fraction of sp³-hybridized carbons (Fsp3) is 0.200. The summed E-state index contributed by atoms with van der Waals surface area (Å²) >= 11 is 0. The number of rotatable bonds is 3. The Kier molecular flexibility index (Phi) is 3.97. The first kappa shape index (κ1) is 16.0. The van der Waals surface area contributed by atoms with Crippen LogP contribution in [0.4, 0.5) is 5.69 Å². The third-order valence-corrected chi connectivity index (χ3v) is 4.39. The quantitative estimate of drug-likeness (QED) is 0.816. The van der Waals surface area contributed by atoms with Crippen molar-refractivity contribution in [1.82, 2.24) is 4.90 Å². The highest BCUT2D eigenvalue weighted by molar-refractivity contribution is 6.36. The largest absolute Gasteiger partial charge is 0.339 e. The molecule has 0 fully saturated rings. The van der Waals surface area contributed by atoms with E-state index in [1.54, 1.807) is 4.90 Å². The number of carbonyl (C=O) groups excluding carboxylic acids is 2. The van der Waals surface area contributed by atoms with Crippen LogP contribution in [-0.4, -0.2) is 30.8 Å². The minimum atomic E-state index is -0.277. The molecule has 2 amide bonds. The Morgan fingerprint density at radius 1 is 0.917 bits per heavy atom. The van der Waals surface area contributed by atoms with Crippen molar-refractivity contribution in [2.75, 3.05) is 19.0 Å². The van der Waals surface area contributed by atoms with Gasteiger partial charge in [-0.05, 0) is 37.1 Å². The van der Waals surface area contributed by atoms with Crippen molar-refractivity contribution < 1.29 is 9.59 Å². The van der Waals surface area contributed by atoms with Gasteiger partial charge in [-0.2, -0.15) is 0 Å². The molecule has 24 heavy (non-hydrogen) atoms. The Labute approximate surface area is 142 Å². The SMILES string of the molecule is Cc1ccc(C2=C(N(C)c3ccccc3)C(=O)N(C)C2=O)c(C)c1. The zero-order valence-electron chi connectivity index (χ0n) is 14.3. The van der Waals surface area contributed by atoms with E-state index in [1.165, 1.54) is 11.9 Å². The van der Waals surface area contributed by atoms with E-state index in [0.717, 1.165) is 22.4 Å². The van der Waals surface area contributed by atoms with Gasteiger partial charge in [0.15, 0.2) is 0 Å². The molecule has 2 aromatic carbocycles. The first-order valence-electron chi connectivity index (χ1n) is 7.85. The number of imide groups is 1. The molecule has 0 spiro atoms. The summed E-state index contributed by atoms with van der Waals surface area (Å²) in [5, 5.41) is 0. The van der Waals surface area contributed by atoms with E-state index in [4.69, 9.17) is 0 Å². The standard InChI is InChI=1S/C20H20N2O2/c1-13-10-11-16(14(2)12-13)17-18(20(24)22(4)19(17)23)21(3)15-8-6-5-7-9-15/h5-12H,1-4H3. The number of benzene rings is 2. The van der Waals surface area contributed by atoms with Gasteiger partial charge in [-0.3, -0.25) is 14.5 Å². The third-order valence-electron chi connectivity index (χ3n) is 4.39. The van der Waals surface area contributed by atoms with Gasteiger partial charge in [0.05, 0.1) is 5.57 Å². The Morgan fingerprint density at radius 3 is 2.21 bits per heavy atom. The summed E-state index contributed by atoms with van der Waals surface area (Å²) in [7, 11) is 3.35. The van der Waals surface area contributed by atoms with Gasteiger partial charge >= 0.3 is 0 Å². The number of likely N-dealkylation sites (N-methyl/N-ethyl adjacent to an activating group) is 2. The molecule has 0 saturated heterocycles. The number of hydrogen-bond donors (Lipinski definition) is 0. The molecule has 3 rings (SSSR count). The third kappa shape index (κ3) is 2.50. The lowest BCUT2D eigenvalue weighted by Gasteiger charge is -2.21. The van der Waals surface area contributed by atoms with E-state index in [2.05, 4.69) is 0 Å². The fourth-order valence-electron chi connectivity index (χ4n) is 3.06. The summed E-state index contributed by atoms with van der Waals surface area (Å²) in [5.41, 5.74) is 4.67. The lowest BCUT2D eigenvalue weighted by Crippen LogP contribution is -2.30.